The first-order valence-electron chi connectivity index (χ1n) is 7.70. The highest BCUT2D eigenvalue weighted by Crippen LogP contribution is 2.22. The monoisotopic (exact) mass is 301 g/mol. The molecule has 0 radical (unpaired) electrons. The standard InChI is InChI=1S/C17H23N3O2/c1-13-14(2)22-17(18-13)12-19-7-9-20(10-8-19)15-5-4-6-16(11-15)21-3/h4-6,11H,7-10,12H2,1-3H3. The summed E-state index contributed by atoms with van der Waals surface area (Å²) < 4.78 is 11.0. The number of nitrogens with zero attached hydrogens (tertiary/aromatic N) is 3. The molecule has 1 aromatic heterocycles. The summed E-state index contributed by atoms with van der Waals surface area (Å²) >= 11 is 0. The molecule has 0 N–H and O–H groups in total. The lowest BCUT2D eigenvalue weighted by molar-refractivity contribution is 0.225. The van der Waals surface area contributed by atoms with Gasteiger partial charge in [-0.2, -0.15) is 0 Å². The van der Waals surface area contributed by atoms with Crippen molar-refractivity contribution in [2.75, 3.05) is 38.2 Å². The van der Waals surface area contributed by atoms with Gasteiger partial charge in [0.15, 0.2) is 0 Å². The van der Waals surface area contributed by atoms with Crippen LogP contribution in [0.25, 0.3) is 0 Å². The van der Waals surface area contributed by atoms with Gasteiger partial charge in [-0.3, -0.25) is 4.90 Å². The third kappa shape index (κ3) is 3.25. The second-order valence-corrected chi connectivity index (χ2v) is 5.71. The number of ether oxygens (including phenoxy) is 1. The van der Waals surface area contributed by atoms with Gasteiger partial charge in [0.25, 0.3) is 0 Å². The van der Waals surface area contributed by atoms with Crippen molar-refractivity contribution in [1.29, 1.82) is 0 Å². The van der Waals surface area contributed by atoms with Crippen LogP contribution in [-0.4, -0.2) is 43.2 Å². The van der Waals surface area contributed by atoms with Gasteiger partial charge < -0.3 is 14.1 Å². The van der Waals surface area contributed by atoms with E-state index in [0.29, 0.717) is 0 Å². The van der Waals surface area contributed by atoms with Crippen LogP contribution < -0.4 is 9.64 Å². The average Bonchev–Trinajstić information content (AvgIpc) is 2.86. The molecule has 118 valence electrons. The molecule has 5 nitrogen and oxygen atoms in total. The predicted molar refractivity (Wildman–Crippen MR) is 86.5 cm³/mol. The smallest absolute Gasteiger partial charge is 0.208 e. The summed E-state index contributed by atoms with van der Waals surface area (Å²) in [6.45, 7) is 8.78. The number of benzene rings is 1. The topological polar surface area (TPSA) is 41.7 Å². The zero-order valence-corrected chi connectivity index (χ0v) is 13.5. The van der Waals surface area contributed by atoms with Crippen molar-refractivity contribution in [3.63, 3.8) is 0 Å². The minimum atomic E-state index is 0.792. The first-order chi connectivity index (χ1) is 10.7. The number of aryl methyl sites for hydroxylation is 2. The van der Waals surface area contributed by atoms with E-state index in [2.05, 4.69) is 26.9 Å². The molecule has 0 bridgehead atoms. The molecule has 1 aliphatic rings. The van der Waals surface area contributed by atoms with E-state index in [-0.39, 0.29) is 0 Å². The summed E-state index contributed by atoms with van der Waals surface area (Å²) in [6.07, 6.45) is 0. The van der Waals surface area contributed by atoms with Gasteiger partial charge in [0.1, 0.15) is 11.5 Å². The Morgan fingerprint density at radius 2 is 1.95 bits per heavy atom. The van der Waals surface area contributed by atoms with E-state index in [9.17, 15) is 0 Å². The number of piperazine rings is 1. The van der Waals surface area contributed by atoms with E-state index in [0.717, 1.165) is 55.8 Å². The molecule has 2 heterocycles. The Labute approximate surface area is 131 Å². The molecule has 0 atom stereocenters. The lowest BCUT2D eigenvalue weighted by Gasteiger charge is -2.35. The summed E-state index contributed by atoms with van der Waals surface area (Å²) in [5.74, 6) is 2.65. The predicted octanol–water partition coefficient (Wildman–Crippen LogP) is 2.62. The largest absolute Gasteiger partial charge is 0.497 e. The van der Waals surface area contributed by atoms with E-state index >= 15 is 0 Å². The number of oxazole rings is 1. The highest BCUT2D eigenvalue weighted by Gasteiger charge is 2.19. The zero-order valence-electron chi connectivity index (χ0n) is 13.5. The van der Waals surface area contributed by atoms with Crippen molar-refractivity contribution >= 4 is 5.69 Å². The van der Waals surface area contributed by atoms with Crippen LogP contribution in [0.2, 0.25) is 0 Å². The van der Waals surface area contributed by atoms with E-state index in [1.807, 2.05) is 26.0 Å². The van der Waals surface area contributed by atoms with Crippen molar-refractivity contribution in [3.05, 3.63) is 41.6 Å². The van der Waals surface area contributed by atoms with Gasteiger partial charge >= 0.3 is 0 Å². The van der Waals surface area contributed by atoms with Crippen molar-refractivity contribution in [2.24, 2.45) is 0 Å². The van der Waals surface area contributed by atoms with Crippen LogP contribution in [-0.2, 0) is 6.54 Å². The number of methoxy groups -OCH3 is 1. The molecule has 2 aromatic rings. The quantitative estimate of drug-likeness (QED) is 0.868. The molecular formula is C17H23N3O2. The highest BCUT2D eigenvalue weighted by atomic mass is 16.5. The van der Waals surface area contributed by atoms with Gasteiger partial charge in [-0.05, 0) is 26.0 Å². The van der Waals surface area contributed by atoms with Crippen LogP contribution in [0.4, 0.5) is 5.69 Å². The fraction of sp³-hybridized carbons (Fsp3) is 0.471. The second-order valence-electron chi connectivity index (χ2n) is 5.71. The third-order valence-corrected chi connectivity index (χ3v) is 4.22. The molecule has 1 aromatic carbocycles. The van der Waals surface area contributed by atoms with Crippen LogP contribution in [0.5, 0.6) is 5.75 Å². The Hall–Kier alpha value is -2.01. The maximum Gasteiger partial charge on any atom is 0.208 e. The van der Waals surface area contributed by atoms with Gasteiger partial charge in [0.2, 0.25) is 5.89 Å². The van der Waals surface area contributed by atoms with E-state index < -0.39 is 0 Å². The SMILES string of the molecule is COc1cccc(N2CCN(Cc3nc(C)c(C)o3)CC2)c1. The Morgan fingerprint density at radius 1 is 1.18 bits per heavy atom. The molecule has 5 heteroatoms. The minimum absolute atomic E-state index is 0.792. The first kappa shape index (κ1) is 14.9. The van der Waals surface area contributed by atoms with Crippen molar-refractivity contribution in [1.82, 2.24) is 9.88 Å². The number of aromatic nitrogens is 1. The number of rotatable bonds is 4. The molecule has 0 unspecified atom stereocenters. The van der Waals surface area contributed by atoms with Crippen LogP contribution in [0.15, 0.2) is 28.7 Å². The summed E-state index contributed by atoms with van der Waals surface area (Å²) in [5.41, 5.74) is 2.21. The van der Waals surface area contributed by atoms with Crippen LogP contribution in [0, 0.1) is 13.8 Å². The molecule has 22 heavy (non-hydrogen) atoms. The van der Waals surface area contributed by atoms with E-state index in [1.165, 1.54) is 5.69 Å². The van der Waals surface area contributed by atoms with Gasteiger partial charge in [-0.25, -0.2) is 4.98 Å². The molecule has 0 amide bonds. The fourth-order valence-electron chi connectivity index (χ4n) is 2.77. The van der Waals surface area contributed by atoms with Crippen LogP contribution in [0.3, 0.4) is 0 Å². The Morgan fingerprint density at radius 3 is 2.59 bits per heavy atom. The highest BCUT2D eigenvalue weighted by molar-refractivity contribution is 5.51. The molecule has 3 rings (SSSR count). The molecular weight excluding hydrogens is 278 g/mol. The molecule has 1 saturated heterocycles. The van der Waals surface area contributed by atoms with Crippen LogP contribution >= 0.6 is 0 Å². The Bertz CT molecular complexity index is 611. The lowest BCUT2D eigenvalue weighted by Crippen LogP contribution is -2.46. The van der Waals surface area contributed by atoms with Gasteiger partial charge in [-0.15, -0.1) is 0 Å². The van der Waals surface area contributed by atoms with Gasteiger partial charge in [0, 0.05) is 37.9 Å². The fourth-order valence-corrected chi connectivity index (χ4v) is 2.77. The maximum absolute atomic E-state index is 5.68. The summed E-state index contributed by atoms with van der Waals surface area (Å²) in [7, 11) is 1.71. The van der Waals surface area contributed by atoms with E-state index in [4.69, 9.17) is 9.15 Å². The molecule has 0 aliphatic carbocycles. The Kier molecular flexibility index (Phi) is 4.34. The van der Waals surface area contributed by atoms with Crippen molar-refractivity contribution in [2.45, 2.75) is 20.4 Å². The summed E-state index contributed by atoms with van der Waals surface area (Å²) in [6, 6.07) is 8.25. The summed E-state index contributed by atoms with van der Waals surface area (Å²) in [4.78, 5) is 9.25. The molecule has 0 spiro atoms. The maximum atomic E-state index is 5.68. The lowest BCUT2D eigenvalue weighted by atomic mass is 10.2. The van der Waals surface area contributed by atoms with E-state index in [1.54, 1.807) is 7.11 Å². The van der Waals surface area contributed by atoms with Gasteiger partial charge in [0.05, 0.1) is 19.3 Å². The first-order valence-corrected chi connectivity index (χ1v) is 7.70. The molecule has 1 fully saturated rings. The zero-order chi connectivity index (χ0) is 15.5. The average molecular weight is 301 g/mol. The second kappa shape index (κ2) is 6.40. The number of anilines is 1. The summed E-state index contributed by atoms with van der Waals surface area (Å²) in [5, 5.41) is 0. The van der Waals surface area contributed by atoms with Crippen molar-refractivity contribution < 1.29 is 9.15 Å². The normalized spacial score (nSPS) is 16.0. The molecule has 0 saturated carbocycles. The Balaban J connectivity index is 1.57. The number of hydrogen-bond acceptors (Lipinski definition) is 5. The van der Waals surface area contributed by atoms with Crippen molar-refractivity contribution in [3.8, 4) is 5.75 Å². The minimum Gasteiger partial charge on any atom is -0.497 e. The van der Waals surface area contributed by atoms with Gasteiger partial charge in [-0.1, -0.05) is 6.07 Å². The van der Waals surface area contributed by atoms with Crippen LogP contribution in [0.1, 0.15) is 17.3 Å². The third-order valence-electron chi connectivity index (χ3n) is 4.22. The molecule has 1 aliphatic heterocycles. The number of hydrogen-bond donors (Lipinski definition) is 0.